The van der Waals surface area contributed by atoms with Gasteiger partial charge in [0.2, 0.25) is 0 Å². The Balaban J connectivity index is 1.97. The van der Waals surface area contributed by atoms with E-state index in [0.717, 1.165) is 22.3 Å². The average Bonchev–Trinajstić information content (AvgIpc) is 3.21. The fourth-order valence-corrected chi connectivity index (χ4v) is 5.62. The second-order valence-corrected chi connectivity index (χ2v) is 10.3. The van der Waals surface area contributed by atoms with Crippen molar-refractivity contribution in [2.75, 3.05) is 19.5 Å². The molecule has 29 heavy (non-hydrogen) atoms. The maximum Gasteiger partial charge on any atom is 0.177 e. The maximum absolute atomic E-state index is 14.0. The number of aliphatic imine (C=N–C) groups is 1. The van der Waals surface area contributed by atoms with Crippen LogP contribution in [0.5, 0.6) is 0 Å². The summed E-state index contributed by atoms with van der Waals surface area (Å²) in [5.41, 5.74) is 4.28. The fourth-order valence-electron chi connectivity index (χ4n) is 4.37. The predicted molar refractivity (Wildman–Crippen MR) is 111 cm³/mol. The molecule has 5 rings (SSSR count). The lowest BCUT2D eigenvalue weighted by Gasteiger charge is -2.39. The maximum atomic E-state index is 14.0. The first-order valence-corrected chi connectivity index (χ1v) is 11.3. The van der Waals surface area contributed by atoms with Crippen LogP contribution in [0.25, 0.3) is 16.6 Å². The Bertz CT molecular complexity index is 1320. The highest BCUT2D eigenvalue weighted by molar-refractivity contribution is 7.91. The van der Waals surface area contributed by atoms with Gasteiger partial charge < -0.3 is 9.30 Å². The molecule has 0 bridgehead atoms. The Labute approximate surface area is 168 Å². The predicted octanol–water partition coefficient (Wildman–Crippen LogP) is 3.70. The van der Waals surface area contributed by atoms with Crippen LogP contribution in [-0.2, 0) is 26.5 Å². The first-order chi connectivity index (χ1) is 13.7. The number of sulfone groups is 1. The Kier molecular flexibility index (Phi) is 3.83. The fraction of sp³-hybridized carbons (Fsp3) is 0.318. The lowest BCUT2D eigenvalue weighted by Crippen LogP contribution is -2.46. The largest absolute Gasteiger partial charge is 0.379 e. The molecule has 2 aromatic carbocycles. The van der Waals surface area contributed by atoms with Gasteiger partial charge in [0.25, 0.3) is 0 Å². The van der Waals surface area contributed by atoms with E-state index in [4.69, 9.17) is 4.74 Å². The van der Waals surface area contributed by atoms with Crippen LogP contribution in [0.3, 0.4) is 0 Å². The third-order valence-corrected chi connectivity index (χ3v) is 7.01. The van der Waals surface area contributed by atoms with Gasteiger partial charge in [-0.2, -0.15) is 0 Å². The molecule has 2 aliphatic rings. The minimum absolute atomic E-state index is 0.290. The average molecular weight is 412 g/mol. The van der Waals surface area contributed by atoms with Crippen LogP contribution in [0.2, 0.25) is 0 Å². The van der Waals surface area contributed by atoms with Crippen LogP contribution in [0, 0.1) is 12.7 Å². The highest BCUT2D eigenvalue weighted by atomic mass is 32.2. The lowest BCUT2D eigenvalue weighted by atomic mass is 9.84. The molecule has 1 aromatic heterocycles. The summed E-state index contributed by atoms with van der Waals surface area (Å²) < 4.78 is 47.4. The first-order valence-electron chi connectivity index (χ1n) is 9.45. The van der Waals surface area contributed by atoms with E-state index in [0.29, 0.717) is 41.3 Å². The van der Waals surface area contributed by atoms with Crippen LogP contribution in [0.15, 0.2) is 40.2 Å². The molecule has 5 nitrogen and oxygen atoms in total. The van der Waals surface area contributed by atoms with Gasteiger partial charge in [-0.3, -0.25) is 4.99 Å². The molecule has 2 aliphatic heterocycles. The molecule has 0 atom stereocenters. The molecule has 0 radical (unpaired) electrons. The summed E-state index contributed by atoms with van der Waals surface area (Å²) in [4.78, 5) is 4.65. The molecule has 1 fully saturated rings. The SMILES string of the molecule is Cc1cc(-n2c(C3(C)COC3)c(S(C)(=O)=O)c3cc4c(cc32)C=NC4)ccc1F. The van der Waals surface area contributed by atoms with Gasteiger partial charge in [-0.25, -0.2) is 12.8 Å². The summed E-state index contributed by atoms with van der Waals surface area (Å²) in [5.74, 6) is -0.290. The minimum Gasteiger partial charge on any atom is -0.379 e. The van der Waals surface area contributed by atoms with Gasteiger partial charge in [-0.1, -0.05) is 0 Å². The number of fused-ring (bicyclic) bond motifs is 2. The highest BCUT2D eigenvalue weighted by Gasteiger charge is 2.43. The number of hydrogen-bond donors (Lipinski definition) is 0. The first kappa shape index (κ1) is 18.5. The smallest absolute Gasteiger partial charge is 0.177 e. The van der Waals surface area contributed by atoms with Crippen molar-refractivity contribution in [1.29, 1.82) is 0 Å². The Hall–Kier alpha value is -2.51. The van der Waals surface area contributed by atoms with E-state index in [1.54, 1.807) is 19.1 Å². The zero-order valence-electron chi connectivity index (χ0n) is 16.5. The van der Waals surface area contributed by atoms with E-state index in [2.05, 4.69) is 4.99 Å². The van der Waals surface area contributed by atoms with Crippen LogP contribution < -0.4 is 0 Å². The van der Waals surface area contributed by atoms with Gasteiger partial charge in [-0.15, -0.1) is 0 Å². The molecule has 0 spiro atoms. The van der Waals surface area contributed by atoms with Crippen molar-refractivity contribution in [2.45, 2.75) is 30.7 Å². The van der Waals surface area contributed by atoms with E-state index in [1.165, 1.54) is 12.3 Å². The van der Waals surface area contributed by atoms with Gasteiger partial charge in [0.1, 0.15) is 5.82 Å². The molecule has 0 unspecified atom stereocenters. The molecule has 150 valence electrons. The van der Waals surface area contributed by atoms with Gasteiger partial charge >= 0.3 is 0 Å². The number of nitrogens with zero attached hydrogens (tertiary/aromatic N) is 2. The van der Waals surface area contributed by atoms with Crippen molar-refractivity contribution in [3.8, 4) is 5.69 Å². The second kappa shape index (κ2) is 6.00. The normalized spacial score (nSPS) is 17.5. The van der Waals surface area contributed by atoms with E-state index in [1.807, 2.05) is 29.8 Å². The molecule has 3 aromatic rings. The summed E-state index contributed by atoms with van der Waals surface area (Å²) in [6, 6.07) is 8.80. The quantitative estimate of drug-likeness (QED) is 0.659. The van der Waals surface area contributed by atoms with Crippen LogP contribution in [-0.4, -0.2) is 38.7 Å². The van der Waals surface area contributed by atoms with Crippen molar-refractivity contribution < 1.29 is 17.5 Å². The van der Waals surface area contributed by atoms with Gasteiger partial charge in [-0.05, 0) is 60.9 Å². The lowest BCUT2D eigenvalue weighted by molar-refractivity contribution is -0.0540. The zero-order valence-corrected chi connectivity index (χ0v) is 17.3. The molecule has 0 saturated carbocycles. The van der Waals surface area contributed by atoms with Crippen molar-refractivity contribution in [3.63, 3.8) is 0 Å². The Morgan fingerprint density at radius 2 is 1.97 bits per heavy atom. The molecular weight excluding hydrogens is 391 g/mol. The van der Waals surface area contributed by atoms with Crippen molar-refractivity contribution in [3.05, 3.63) is 58.5 Å². The van der Waals surface area contributed by atoms with E-state index >= 15 is 0 Å². The van der Waals surface area contributed by atoms with E-state index in [-0.39, 0.29) is 5.82 Å². The summed E-state index contributed by atoms with van der Waals surface area (Å²) in [6.07, 6.45) is 3.06. The second-order valence-electron chi connectivity index (χ2n) is 8.31. The Morgan fingerprint density at radius 3 is 2.59 bits per heavy atom. The van der Waals surface area contributed by atoms with Gasteiger partial charge in [0.15, 0.2) is 9.84 Å². The number of rotatable bonds is 3. The number of halogens is 1. The van der Waals surface area contributed by atoms with E-state index < -0.39 is 15.3 Å². The molecular formula is C22H21FN2O3S. The van der Waals surface area contributed by atoms with Crippen molar-refractivity contribution in [1.82, 2.24) is 4.57 Å². The number of ether oxygens (including phenoxy) is 1. The monoisotopic (exact) mass is 412 g/mol. The summed E-state index contributed by atoms with van der Waals surface area (Å²) >= 11 is 0. The van der Waals surface area contributed by atoms with E-state index in [9.17, 15) is 12.8 Å². The molecule has 7 heteroatoms. The third-order valence-electron chi connectivity index (χ3n) is 5.86. The topological polar surface area (TPSA) is 60.7 Å². The molecule has 3 heterocycles. The minimum atomic E-state index is -3.53. The standard InChI is InChI=1S/C22H21FN2O3S/c1-13-6-16(4-5-18(13)23)25-19-8-15-10-24-9-14(15)7-17(19)20(29(3,26)27)21(25)22(2)11-28-12-22/h4-8,10H,9,11-12H2,1-3H3. The van der Waals surface area contributed by atoms with Crippen LogP contribution in [0.1, 0.15) is 29.3 Å². The highest BCUT2D eigenvalue weighted by Crippen LogP contribution is 2.44. The van der Waals surface area contributed by atoms with Crippen molar-refractivity contribution >= 4 is 27.0 Å². The van der Waals surface area contributed by atoms with Crippen LogP contribution in [0.4, 0.5) is 4.39 Å². The summed E-state index contributed by atoms with van der Waals surface area (Å²) in [7, 11) is -3.53. The number of aromatic nitrogens is 1. The molecule has 0 aliphatic carbocycles. The van der Waals surface area contributed by atoms with Gasteiger partial charge in [0.05, 0.1) is 41.3 Å². The summed E-state index contributed by atoms with van der Waals surface area (Å²) in [6.45, 7) is 5.15. The van der Waals surface area contributed by atoms with Gasteiger partial charge in [0, 0.05) is 23.5 Å². The number of aryl methyl sites for hydroxylation is 1. The molecule has 0 amide bonds. The van der Waals surface area contributed by atoms with Crippen LogP contribution >= 0.6 is 0 Å². The zero-order chi connectivity index (χ0) is 20.6. The summed E-state index contributed by atoms with van der Waals surface area (Å²) in [5, 5.41) is 0.682. The third kappa shape index (κ3) is 2.68. The Morgan fingerprint density at radius 1 is 1.21 bits per heavy atom. The molecule has 0 N–H and O–H groups in total. The number of hydrogen-bond acceptors (Lipinski definition) is 4. The molecule has 1 saturated heterocycles. The van der Waals surface area contributed by atoms with Crippen molar-refractivity contribution in [2.24, 2.45) is 4.99 Å². The number of benzene rings is 2.